The van der Waals surface area contributed by atoms with Crippen molar-refractivity contribution in [2.75, 3.05) is 6.54 Å². The van der Waals surface area contributed by atoms with Gasteiger partial charge in [0.15, 0.2) is 0 Å². The summed E-state index contributed by atoms with van der Waals surface area (Å²) in [6.45, 7) is 0.909. The number of hydrogen-bond acceptors (Lipinski definition) is 1. The van der Waals surface area contributed by atoms with Crippen LogP contribution in [0.15, 0.2) is 0 Å². The van der Waals surface area contributed by atoms with E-state index >= 15 is 0 Å². The van der Waals surface area contributed by atoms with E-state index in [1.807, 2.05) is 0 Å². The fourth-order valence-corrected chi connectivity index (χ4v) is 3.77. The van der Waals surface area contributed by atoms with Gasteiger partial charge in [0.25, 0.3) is 0 Å². The first-order chi connectivity index (χ1) is 6.37. The number of nitrogens with two attached hydrogens (primary N) is 1. The van der Waals surface area contributed by atoms with Crippen LogP contribution in [0.1, 0.15) is 57.8 Å². The highest BCUT2D eigenvalue weighted by Crippen LogP contribution is 2.53. The summed E-state index contributed by atoms with van der Waals surface area (Å²) >= 11 is 0. The Balaban J connectivity index is 2.03. The average molecular weight is 181 g/mol. The van der Waals surface area contributed by atoms with Gasteiger partial charge in [-0.05, 0) is 50.0 Å². The second kappa shape index (κ2) is 4.00. The molecule has 1 heteroatoms. The molecule has 0 aromatic carbocycles. The smallest absolute Gasteiger partial charge is 0.00744 e. The van der Waals surface area contributed by atoms with Crippen LogP contribution in [-0.4, -0.2) is 6.54 Å². The Morgan fingerprint density at radius 3 is 2.23 bits per heavy atom. The number of hydrogen-bond donors (Lipinski definition) is 1. The molecule has 1 nitrogen and oxygen atoms in total. The molecule has 13 heavy (non-hydrogen) atoms. The van der Waals surface area contributed by atoms with Gasteiger partial charge in [-0.15, -0.1) is 0 Å². The van der Waals surface area contributed by atoms with Gasteiger partial charge in [0.05, 0.1) is 0 Å². The Bertz CT molecular complexity index is 157. The van der Waals surface area contributed by atoms with E-state index in [-0.39, 0.29) is 0 Å². The predicted octanol–water partition coefficient (Wildman–Crippen LogP) is 3.09. The summed E-state index contributed by atoms with van der Waals surface area (Å²) in [5.41, 5.74) is 6.47. The molecule has 2 rings (SSSR count). The maximum Gasteiger partial charge on any atom is -0.00744 e. The van der Waals surface area contributed by atoms with Crippen LogP contribution in [0, 0.1) is 11.3 Å². The fourth-order valence-electron chi connectivity index (χ4n) is 3.77. The highest BCUT2D eigenvalue weighted by molar-refractivity contribution is 4.93. The summed E-state index contributed by atoms with van der Waals surface area (Å²) in [6, 6.07) is 0. The minimum Gasteiger partial charge on any atom is -0.330 e. The lowest BCUT2D eigenvalue weighted by atomic mass is 9.64. The van der Waals surface area contributed by atoms with Crippen molar-refractivity contribution in [1.82, 2.24) is 0 Å². The van der Waals surface area contributed by atoms with Crippen LogP contribution in [0.4, 0.5) is 0 Å². The van der Waals surface area contributed by atoms with E-state index in [0.29, 0.717) is 0 Å². The van der Waals surface area contributed by atoms with Crippen LogP contribution in [0.25, 0.3) is 0 Å². The maximum absolute atomic E-state index is 5.71. The summed E-state index contributed by atoms with van der Waals surface area (Å²) in [5, 5.41) is 0. The van der Waals surface area contributed by atoms with Crippen molar-refractivity contribution in [3.63, 3.8) is 0 Å². The van der Waals surface area contributed by atoms with Crippen molar-refractivity contribution in [3.05, 3.63) is 0 Å². The van der Waals surface area contributed by atoms with Crippen LogP contribution in [0.3, 0.4) is 0 Å². The quantitative estimate of drug-likeness (QED) is 0.696. The molecular formula is C12H23N. The highest BCUT2D eigenvalue weighted by atomic mass is 14.6. The van der Waals surface area contributed by atoms with Gasteiger partial charge in [-0.2, -0.15) is 0 Å². The molecule has 1 unspecified atom stereocenters. The van der Waals surface area contributed by atoms with Crippen LogP contribution in [0.2, 0.25) is 0 Å². The first-order valence-electron chi connectivity index (χ1n) is 6.07. The zero-order valence-corrected chi connectivity index (χ0v) is 8.73. The number of rotatable bonds is 2. The van der Waals surface area contributed by atoms with E-state index in [1.54, 1.807) is 0 Å². The van der Waals surface area contributed by atoms with Gasteiger partial charge in [0, 0.05) is 0 Å². The molecule has 0 saturated heterocycles. The van der Waals surface area contributed by atoms with Gasteiger partial charge in [-0.25, -0.2) is 0 Å². The molecule has 0 bridgehead atoms. The van der Waals surface area contributed by atoms with Crippen LogP contribution in [-0.2, 0) is 0 Å². The van der Waals surface area contributed by atoms with Gasteiger partial charge < -0.3 is 5.73 Å². The molecule has 2 saturated carbocycles. The Morgan fingerprint density at radius 2 is 1.62 bits per heavy atom. The lowest BCUT2D eigenvalue weighted by Crippen LogP contribution is -2.32. The molecule has 2 N–H and O–H groups in total. The monoisotopic (exact) mass is 181 g/mol. The third-order valence-electron chi connectivity index (χ3n) is 4.46. The van der Waals surface area contributed by atoms with Gasteiger partial charge in [0.2, 0.25) is 0 Å². The van der Waals surface area contributed by atoms with Crippen LogP contribution >= 0.6 is 0 Å². The van der Waals surface area contributed by atoms with Crippen molar-refractivity contribution in [1.29, 1.82) is 0 Å². The third kappa shape index (κ3) is 1.76. The minimum atomic E-state index is 0.762. The van der Waals surface area contributed by atoms with Crippen molar-refractivity contribution < 1.29 is 0 Å². The predicted molar refractivity (Wildman–Crippen MR) is 56.5 cm³/mol. The van der Waals surface area contributed by atoms with E-state index in [0.717, 1.165) is 17.9 Å². The van der Waals surface area contributed by atoms with E-state index in [4.69, 9.17) is 5.73 Å². The first-order valence-corrected chi connectivity index (χ1v) is 6.07. The summed E-state index contributed by atoms with van der Waals surface area (Å²) in [5.74, 6) is 0.980. The van der Waals surface area contributed by atoms with Crippen LogP contribution < -0.4 is 5.73 Å². The second-order valence-corrected chi connectivity index (χ2v) is 5.09. The molecule has 0 heterocycles. The lowest BCUT2D eigenvalue weighted by molar-refractivity contribution is 0.0954. The summed E-state index contributed by atoms with van der Waals surface area (Å²) in [7, 11) is 0. The van der Waals surface area contributed by atoms with Crippen molar-refractivity contribution in [2.24, 2.45) is 17.1 Å². The Kier molecular flexibility index (Phi) is 2.92. The second-order valence-electron chi connectivity index (χ2n) is 5.09. The molecular weight excluding hydrogens is 158 g/mol. The maximum atomic E-state index is 5.71. The molecule has 2 aliphatic rings. The zero-order valence-electron chi connectivity index (χ0n) is 8.73. The summed E-state index contributed by atoms with van der Waals surface area (Å²) in [6.07, 6.45) is 13.2. The van der Waals surface area contributed by atoms with Gasteiger partial charge in [0.1, 0.15) is 0 Å². The Morgan fingerprint density at radius 1 is 1.00 bits per heavy atom. The molecule has 1 atom stereocenters. The highest BCUT2D eigenvalue weighted by Gasteiger charge is 2.41. The fraction of sp³-hybridized carbons (Fsp3) is 1.00. The minimum absolute atomic E-state index is 0.762. The topological polar surface area (TPSA) is 26.0 Å². The van der Waals surface area contributed by atoms with Gasteiger partial charge >= 0.3 is 0 Å². The van der Waals surface area contributed by atoms with E-state index in [9.17, 15) is 0 Å². The van der Waals surface area contributed by atoms with Crippen molar-refractivity contribution in [2.45, 2.75) is 57.8 Å². The summed E-state index contributed by atoms with van der Waals surface area (Å²) in [4.78, 5) is 0. The molecule has 1 spiro atoms. The zero-order chi connectivity index (χ0) is 9.15. The van der Waals surface area contributed by atoms with Crippen molar-refractivity contribution in [3.8, 4) is 0 Å². The van der Waals surface area contributed by atoms with E-state index < -0.39 is 0 Å². The average Bonchev–Trinajstić information content (AvgIpc) is 2.59. The normalized spacial score (nSPS) is 32.5. The molecule has 0 amide bonds. The molecule has 2 fully saturated rings. The lowest BCUT2D eigenvalue weighted by Gasteiger charge is -2.41. The molecule has 0 aromatic heterocycles. The van der Waals surface area contributed by atoms with E-state index in [1.165, 1.54) is 57.8 Å². The Hall–Kier alpha value is -0.0400. The third-order valence-corrected chi connectivity index (χ3v) is 4.46. The SMILES string of the molecule is NCCC1CCCCC12CCCC2. The van der Waals surface area contributed by atoms with Gasteiger partial charge in [-0.1, -0.05) is 25.7 Å². The largest absolute Gasteiger partial charge is 0.330 e. The molecule has 0 radical (unpaired) electrons. The molecule has 0 aliphatic heterocycles. The molecule has 0 aromatic rings. The first kappa shape index (κ1) is 9.51. The van der Waals surface area contributed by atoms with Crippen molar-refractivity contribution >= 4 is 0 Å². The van der Waals surface area contributed by atoms with Crippen LogP contribution in [0.5, 0.6) is 0 Å². The standard InChI is InChI=1S/C12H23N/c13-10-6-11-5-1-2-7-12(11)8-3-4-9-12/h11H,1-10,13H2. The molecule has 76 valence electrons. The van der Waals surface area contributed by atoms with Gasteiger partial charge in [-0.3, -0.25) is 0 Å². The molecule has 2 aliphatic carbocycles. The summed E-state index contributed by atoms with van der Waals surface area (Å²) < 4.78 is 0. The Labute approximate surface area is 82.1 Å². The van der Waals surface area contributed by atoms with E-state index in [2.05, 4.69) is 0 Å².